The van der Waals surface area contributed by atoms with Crippen molar-refractivity contribution in [3.8, 4) is 17.2 Å². The van der Waals surface area contributed by atoms with Crippen LogP contribution in [-0.4, -0.2) is 64.1 Å². The molecule has 0 aliphatic heterocycles. The molecule has 0 aromatic heterocycles. The van der Waals surface area contributed by atoms with Gasteiger partial charge in [0.2, 0.25) is 11.8 Å². The molecule has 0 fully saturated rings. The lowest BCUT2D eigenvalue weighted by Gasteiger charge is -2.35. The number of carbonyl (C=O) groups excluding carboxylic acids is 2. The summed E-state index contributed by atoms with van der Waals surface area (Å²) in [4.78, 5) is 30.2. The van der Waals surface area contributed by atoms with E-state index in [0.717, 1.165) is 19.9 Å². The molecular weight excluding hydrogens is 722 g/mol. The SMILES string of the molecule is CCOc1ccc(N(CC(=O)N(Cc2ccc(Br)cc2)[C@@H](Cc2ccccc2)C(=O)NC(C)(C)C)S(=O)(=O)c2ccc(OC)c(OC)c2)cc1. The van der Waals surface area contributed by atoms with E-state index in [1.165, 1.54) is 37.3 Å². The molecule has 4 aromatic carbocycles. The van der Waals surface area contributed by atoms with Crippen LogP contribution in [0.5, 0.6) is 17.2 Å². The van der Waals surface area contributed by atoms with Crippen molar-refractivity contribution in [1.29, 1.82) is 0 Å². The van der Waals surface area contributed by atoms with E-state index in [9.17, 15) is 18.0 Å². The first-order valence-electron chi connectivity index (χ1n) is 16.1. The van der Waals surface area contributed by atoms with Crippen LogP contribution in [0.25, 0.3) is 0 Å². The van der Waals surface area contributed by atoms with Crippen LogP contribution in [0.4, 0.5) is 5.69 Å². The molecule has 0 radical (unpaired) electrons. The van der Waals surface area contributed by atoms with Crippen LogP contribution in [0.2, 0.25) is 0 Å². The van der Waals surface area contributed by atoms with Crippen molar-refractivity contribution < 1.29 is 32.2 Å². The van der Waals surface area contributed by atoms with Crippen LogP contribution in [0.3, 0.4) is 0 Å². The van der Waals surface area contributed by atoms with Crippen LogP contribution < -0.4 is 23.8 Å². The van der Waals surface area contributed by atoms with E-state index in [0.29, 0.717) is 18.1 Å². The first kappa shape index (κ1) is 38.3. The molecule has 0 bridgehead atoms. The van der Waals surface area contributed by atoms with E-state index in [1.807, 2.05) is 82.3 Å². The Labute approximate surface area is 303 Å². The molecule has 1 N–H and O–H groups in total. The first-order chi connectivity index (χ1) is 23.7. The van der Waals surface area contributed by atoms with Crippen LogP contribution in [0.1, 0.15) is 38.8 Å². The zero-order valence-electron chi connectivity index (χ0n) is 29.2. The van der Waals surface area contributed by atoms with Gasteiger partial charge in [-0.15, -0.1) is 0 Å². The molecule has 2 amide bonds. The zero-order chi connectivity index (χ0) is 36.5. The summed E-state index contributed by atoms with van der Waals surface area (Å²) in [7, 11) is -1.50. The number of benzene rings is 4. The van der Waals surface area contributed by atoms with E-state index in [-0.39, 0.29) is 35.2 Å². The van der Waals surface area contributed by atoms with E-state index < -0.39 is 34.1 Å². The number of carbonyl (C=O) groups is 2. The summed E-state index contributed by atoms with van der Waals surface area (Å²) in [6.45, 7) is 7.33. The zero-order valence-corrected chi connectivity index (χ0v) is 31.6. The number of hydrogen-bond acceptors (Lipinski definition) is 7. The maximum atomic E-state index is 14.7. The van der Waals surface area contributed by atoms with Gasteiger partial charge in [0.05, 0.1) is 31.4 Å². The molecule has 4 aromatic rings. The Morgan fingerprint density at radius 2 is 1.48 bits per heavy atom. The van der Waals surface area contributed by atoms with E-state index in [4.69, 9.17) is 14.2 Å². The average Bonchev–Trinajstić information content (AvgIpc) is 3.09. The monoisotopic (exact) mass is 765 g/mol. The van der Waals surface area contributed by atoms with Gasteiger partial charge < -0.3 is 24.4 Å². The molecule has 1 atom stereocenters. The predicted molar refractivity (Wildman–Crippen MR) is 198 cm³/mol. The number of hydrogen-bond donors (Lipinski definition) is 1. The Morgan fingerprint density at radius 3 is 2.06 bits per heavy atom. The maximum Gasteiger partial charge on any atom is 0.264 e. The quantitative estimate of drug-likeness (QED) is 0.145. The molecule has 0 unspecified atom stereocenters. The molecule has 12 heteroatoms. The van der Waals surface area contributed by atoms with Gasteiger partial charge in [0, 0.05) is 29.0 Å². The van der Waals surface area contributed by atoms with Crippen molar-refractivity contribution in [2.75, 3.05) is 31.7 Å². The van der Waals surface area contributed by atoms with Crippen LogP contribution in [0, 0.1) is 0 Å². The van der Waals surface area contributed by atoms with E-state index >= 15 is 0 Å². The largest absolute Gasteiger partial charge is 0.494 e. The second-order valence-corrected chi connectivity index (χ2v) is 15.3. The minimum absolute atomic E-state index is 0.0503. The lowest BCUT2D eigenvalue weighted by molar-refractivity contribution is -0.140. The van der Waals surface area contributed by atoms with E-state index in [1.54, 1.807) is 24.3 Å². The van der Waals surface area contributed by atoms with Gasteiger partial charge in [-0.2, -0.15) is 0 Å². The third kappa shape index (κ3) is 10.0. The summed E-state index contributed by atoms with van der Waals surface area (Å²) < 4.78 is 47.2. The van der Waals surface area contributed by atoms with Gasteiger partial charge in [0.1, 0.15) is 18.3 Å². The maximum absolute atomic E-state index is 14.7. The normalized spacial score (nSPS) is 12.1. The number of halogens is 1. The predicted octanol–water partition coefficient (Wildman–Crippen LogP) is 6.62. The number of rotatable bonds is 15. The molecule has 0 aliphatic rings. The Balaban J connectivity index is 1.84. The van der Waals surface area contributed by atoms with Crippen molar-refractivity contribution in [2.45, 2.75) is 57.1 Å². The first-order valence-corrected chi connectivity index (χ1v) is 18.4. The molecule has 0 aliphatic carbocycles. The molecule has 10 nitrogen and oxygen atoms in total. The van der Waals surface area contributed by atoms with Gasteiger partial charge in [-0.25, -0.2) is 8.42 Å². The van der Waals surface area contributed by atoms with Crippen LogP contribution >= 0.6 is 15.9 Å². The fraction of sp³-hybridized carbons (Fsp3) is 0.316. The Morgan fingerprint density at radius 1 is 0.840 bits per heavy atom. The molecule has 266 valence electrons. The Kier molecular flexibility index (Phi) is 12.9. The number of nitrogens with zero attached hydrogens (tertiary/aromatic N) is 2. The van der Waals surface area contributed by atoms with Gasteiger partial charge in [-0.05, 0) is 87.4 Å². The highest BCUT2D eigenvalue weighted by Crippen LogP contribution is 2.33. The van der Waals surface area contributed by atoms with Crippen LogP contribution in [-0.2, 0) is 32.6 Å². The molecule has 0 saturated carbocycles. The number of ether oxygens (including phenoxy) is 3. The third-order valence-electron chi connectivity index (χ3n) is 7.69. The van der Waals surface area contributed by atoms with Crippen molar-refractivity contribution >= 4 is 43.5 Å². The molecule has 0 heterocycles. The average molecular weight is 767 g/mol. The lowest BCUT2D eigenvalue weighted by atomic mass is 10.0. The smallest absolute Gasteiger partial charge is 0.264 e. The molecule has 0 spiro atoms. The molecule has 0 saturated heterocycles. The molecular formula is C38H44BrN3O7S. The van der Waals surface area contributed by atoms with Gasteiger partial charge >= 0.3 is 0 Å². The fourth-order valence-electron chi connectivity index (χ4n) is 5.30. The van der Waals surface area contributed by atoms with Crippen molar-refractivity contribution in [1.82, 2.24) is 10.2 Å². The number of amides is 2. The topological polar surface area (TPSA) is 114 Å². The number of nitrogens with one attached hydrogen (secondary N) is 1. The van der Waals surface area contributed by atoms with Gasteiger partial charge in [-0.3, -0.25) is 13.9 Å². The minimum atomic E-state index is -4.37. The highest BCUT2D eigenvalue weighted by Gasteiger charge is 2.36. The third-order valence-corrected chi connectivity index (χ3v) is 9.99. The number of methoxy groups -OCH3 is 2. The highest BCUT2D eigenvalue weighted by molar-refractivity contribution is 9.10. The number of anilines is 1. The summed E-state index contributed by atoms with van der Waals surface area (Å²) in [5.41, 5.74) is 1.25. The summed E-state index contributed by atoms with van der Waals surface area (Å²) >= 11 is 3.46. The van der Waals surface area contributed by atoms with Crippen molar-refractivity contribution in [3.63, 3.8) is 0 Å². The van der Waals surface area contributed by atoms with Crippen LogP contribution in [0.15, 0.2) is 106 Å². The van der Waals surface area contributed by atoms with Crippen molar-refractivity contribution in [3.05, 3.63) is 113 Å². The van der Waals surface area contributed by atoms with Crippen molar-refractivity contribution in [2.24, 2.45) is 0 Å². The second kappa shape index (κ2) is 16.9. The van der Waals surface area contributed by atoms with E-state index in [2.05, 4.69) is 21.2 Å². The fourth-order valence-corrected chi connectivity index (χ4v) is 7.00. The minimum Gasteiger partial charge on any atom is -0.494 e. The Hall–Kier alpha value is -4.55. The molecule has 4 rings (SSSR count). The lowest BCUT2D eigenvalue weighted by Crippen LogP contribution is -2.56. The highest BCUT2D eigenvalue weighted by atomic mass is 79.9. The Bertz CT molecular complexity index is 1850. The molecule has 50 heavy (non-hydrogen) atoms. The summed E-state index contributed by atoms with van der Waals surface area (Å²) in [5, 5.41) is 3.04. The summed E-state index contributed by atoms with van der Waals surface area (Å²) in [6, 6.07) is 26.6. The van der Waals surface area contributed by atoms with Gasteiger partial charge in [0.25, 0.3) is 10.0 Å². The standard InChI is InChI=1S/C38H44BrN3O7S/c1-7-49-31-19-17-30(18-20-31)42(50(45,46)32-21-22-34(47-5)35(24-32)48-6)26-36(43)41(25-28-13-15-29(39)16-14-28)33(37(44)40-38(2,3)4)23-27-11-9-8-10-12-27/h8-22,24,33H,7,23,25-26H2,1-6H3,(H,40,44)/t33-/m0/s1. The second-order valence-electron chi connectivity index (χ2n) is 12.5. The summed E-state index contributed by atoms with van der Waals surface area (Å²) in [6.07, 6.45) is 0.205. The van der Waals surface area contributed by atoms with Gasteiger partial charge in [0.15, 0.2) is 11.5 Å². The van der Waals surface area contributed by atoms with Gasteiger partial charge in [-0.1, -0.05) is 58.4 Å². The number of sulfonamides is 1. The summed E-state index contributed by atoms with van der Waals surface area (Å²) in [5.74, 6) is 0.178.